The number of nitrogens with one attached hydrogen (secondary N) is 3. The lowest BCUT2D eigenvalue weighted by Crippen LogP contribution is -2.49. The highest BCUT2D eigenvalue weighted by Crippen LogP contribution is 2.30. The van der Waals surface area contributed by atoms with Gasteiger partial charge in [-0.3, -0.25) is 9.69 Å². The van der Waals surface area contributed by atoms with Crippen LogP contribution in [0.2, 0.25) is 0 Å². The van der Waals surface area contributed by atoms with Gasteiger partial charge in [0.25, 0.3) is 0 Å². The molecule has 4 aromatic carbocycles. The second kappa shape index (κ2) is 16.1. The molecule has 1 aromatic heterocycles. The average Bonchev–Trinajstić information content (AvgIpc) is 3.62. The van der Waals surface area contributed by atoms with Gasteiger partial charge in [0.05, 0.1) is 18.8 Å². The van der Waals surface area contributed by atoms with Crippen LogP contribution in [0.5, 0.6) is 0 Å². The maximum atomic E-state index is 13.9. The number of carbonyl (C=O) groups is 3. The molecular weight excluding hydrogens is 640 g/mol. The number of carbonyl (C=O) groups excluding carboxylic acids is 2. The third-order valence-electron chi connectivity index (χ3n) is 8.70. The van der Waals surface area contributed by atoms with Crippen LogP contribution in [0, 0.1) is 0 Å². The number of amides is 3. The maximum Gasteiger partial charge on any atom is 0.414 e. The molecule has 2 heterocycles. The number of hydrogen-bond acceptors (Lipinski definition) is 9. The first-order valence-electron chi connectivity index (χ1n) is 16.3. The van der Waals surface area contributed by atoms with E-state index in [1.165, 1.54) is 4.90 Å². The number of benzene rings is 4. The Labute approximate surface area is 288 Å². The summed E-state index contributed by atoms with van der Waals surface area (Å²) in [6.45, 7) is 1.05. The number of aromatic nitrogens is 2. The molecule has 0 spiro atoms. The molecule has 1 aliphatic heterocycles. The molecular formula is C37H38N6O7. The van der Waals surface area contributed by atoms with E-state index < -0.39 is 30.1 Å². The standard InChI is InChI=1S/C37H38N6O7/c1-43(28-17-19-31-32(20-28)42-50-41-31)37(47)49-23-27-22-48-29(21-38-27)18-16-24-10-8-9-15-30(24)39-35(44)34(40-36(45)46)33(25-11-4-2-5-12-25)26-13-6-3-7-14-26/h2-15,17,19-20,27,29,33-34,38,40H,16,18,21-23H2,1H3,(H,39,44)(H,45,46)/t27-,29+,34-/m0/s1. The van der Waals surface area contributed by atoms with E-state index in [9.17, 15) is 19.5 Å². The molecule has 13 heteroatoms. The monoisotopic (exact) mass is 678 g/mol. The van der Waals surface area contributed by atoms with Crippen LogP contribution in [-0.4, -0.2) is 78.5 Å². The number of anilines is 2. The molecule has 0 bridgehead atoms. The lowest BCUT2D eigenvalue weighted by molar-refractivity contribution is -0.118. The van der Waals surface area contributed by atoms with Gasteiger partial charge in [-0.2, -0.15) is 0 Å². The molecule has 4 N–H and O–H groups in total. The minimum atomic E-state index is -1.29. The number of aryl methyl sites for hydroxylation is 1. The van der Waals surface area contributed by atoms with Crippen LogP contribution in [-0.2, 0) is 20.7 Å². The van der Waals surface area contributed by atoms with E-state index in [4.69, 9.17) is 14.1 Å². The Morgan fingerprint density at radius 3 is 2.30 bits per heavy atom. The average molecular weight is 679 g/mol. The van der Waals surface area contributed by atoms with Crippen LogP contribution in [0.3, 0.4) is 0 Å². The van der Waals surface area contributed by atoms with Crippen molar-refractivity contribution in [2.45, 2.75) is 36.9 Å². The summed E-state index contributed by atoms with van der Waals surface area (Å²) in [5, 5.41) is 26.2. The molecule has 1 aliphatic rings. The van der Waals surface area contributed by atoms with E-state index in [1.807, 2.05) is 84.9 Å². The van der Waals surface area contributed by atoms with E-state index in [-0.39, 0.29) is 18.8 Å². The largest absolute Gasteiger partial charge is 0.465 e. The molecule has 0 aliphatic carbocycles. The molecule has 3 atom stereocenters. The van der Waals surface area contributed by atoms with Crippen molar-refractivity contribution >= 4 is 40.5 Å². The van der Waals surface area contributed by atoms with Crippen LogP contribution >= 0.6 is 0 Å². The molecule has 50 heavy (non-hydrogen) atoms. The molecule has 5 aromatic rings. The second-order valence-electron chi connectivity index (χ2n) is 12.0. The second-order valence-corrected chi connectivity index (χ2v) is 12.0. The topological polar surface area (TPSA) is 168 Å². The molecule has 0 radical (unpaired) electrons. The van der Waals surface area contributed by atoms with Crippen molar-refractivity contribution in [1.29, 1.82) is 0 Å². The highest BCUT2D eigenvalue weighted by molar-refractivity contribution is 5.98. The SMILES string of the molecule is CN(C(=O)OC[C@@H]1CO[C@H](CCc2ccccc2NC(=O)[C@@H](NC(=O)O)C(c2ccccc2)c2ccccc2)CN1)c1ccc2nonc2c1. The predicted molar refractivity (Wildman–Crippen MR) is 186 cm³/mol. The highest BCUT2D eigenvalue weighted by Gasteiger charge is 2.33. The van der Waals surface area contributed by atoms with Gasteiger partial charge < -0.3 is 30.5 Å². The van der Waals surface area contributed by atoms with Gasteiger partial charge in [0.15, 0.2) is 0 Å². The van der Waals surface area contributed by atoms with Crippen LogP contribution in [0.15, 0.2) is 108 Å². The summed E-state index contributed by atoms with van der Waals surface area (Å²) in [5.41, 5.74) is 4.86. The molecule has 1 saturated heterocycles. The summed E-state index contributed by atoms with van der Waals surface area (Å²) in [4.78, 5) is 39.9. The normalized spacial score (nSPS) is 16.4. The van der Waals surface area contributed by atoms with Crippen LogP contribution in [0.1, 0.15) is 29.0 Å². The van der Waals surface area contributed by atoms with Gasteiger partial charge in [0.1, 0.15) is 23.7 Å². The molecule has 1 fully saturated rings. The zero-order valence-electron chi connectivity index (χ0n) is 27.4. The quantitative estimate of drug-likeness (QED) is 0.138. The lowest BCUT2D eigenvalue weighted by Gasteiger charge is -2.31. The van der Waals surface area contributed by atoms with Gasteiger partial charge >= 0.3 is 12.2 Å². The van der Waals surface area contributed by atoms with Gasteiger partial charge in [0, 0.05) is 30.9 Å². The van der Waals surface area contributed by atoms with Crippen molar-refractivity contribution in [3.63, 3.8) is 0 Å². The molecule has 13 nitrogen and oxygen atoms in total. The van der Waals surface area contributed by atoms with Crippen molar-refractivity contribution in [2.24, 2.45) is 0 Å². The van der Waals surface area contributed by atoms with E-state index in [2.05, 4.69) is 26.3 Å². The fraction of sp³-hybridized carbons (Fsp3) is 0.270. The van der Waals surface area contributed by atoms with E-state index in [1.54, 1.807) is 25.2 Å². The van der Waals surface area contributed by atoms with Crippen LogP contribution < -0.4 is 20.9 Å². The fourth-order valence-corrected chi connectivity index (χ4v) is 6.03. The molecule has 3 amide bonds. The summed E-state index contributed by atoms with van der Waals surface area (Å²) in [5.74, 6) is -1.02. The number of ether oxygens (including phenoxy) is 2. The first-order valence-corrected chi connectivity index (χ1v) is 16.3. The smallest absolute Gasteiger partial charge is 0.414 e. The number of hydrogen-bond donors (Lipinski definition) is 4. The zero-order valence-corrected chi connectivity index (χ0v) is 27.4. The molecule has 0 unspecified atom stereocenters. The van der Waals surface area contributed by atoms with Gasteiger partial charge in [0.2, 0.25) is 5.91 Å². The number of nitrogens with zero attached hydrogens (tertiary/aromatic N) is 3. The Kier molecular flexibility index (Phi) is 11.0. The zero-order chi connectivity index (χ0) is 34.9. The summed E-state index contributed by atoms with van der Waals surface area (Å²) >= 11 is 0. The summed E-state index contributed by atoms with van der Waals surface area (Å²) in [7, 11) is 1.62. The van der Waals surface area contributed by atoms with Gasteiger partial charge in [-0.15, -0.1) is 0 Å². The molecule has 6 rings (SSSR count). The van der Waals surface area contributed by atoms with E-state index >= 15 is 0 Å². The summed E-state index contributed by atoms with van der Waals surface area (Å²) < 4.78 is 16.4. The van der Waals surface area contributed by atoms with E-state index in [0.717, 1.165) is 16.7 Å². The van der Waals surface area contributed by atoms with Crippen molar-refractivity contribution in [3.05, 3.63) is 120 Å². The summed E-state index contributed by atoms with van der Waals surface area (Å²) in [6.07, 6.45) is -0.626. The number of morpholine rings is 1. The Morgan fingerprint density at radius 1 is 0.940 bits per heavy atom. The van der Waals surface area contributed by atoms with Crippen molar-refractivity contribution in [3.8, 4) is 0 Å². The molecule has 258 valence electrons. The first kappa shape index (κ1) is 34.1. The van der Waals surface area contributed by atoms with Crippen molar-refractivity contribution in [1.82, 2.24) is 20.9 Å². The van der Waals surface area contributed by atoms with Crippen molar-refractivity contribution in [2.75, 3.05) is 37.0 Å². The Bertz CT molecular complexity index is 1860. The number of carboxylic acid groups (broad SMARTS) is 1. The van der Waals surface area contributed by atoms with Crippen molar-refractivity contribution < 1.29 is 33.6 Å². The Balaban J connectivity index is 1.03. The third kappa shape index (κ3) is 8.43. The predicted octanol–water partition coefficient (Wildman–Crippen LogP) is 5.19. The van der Waals surface area contributed by atoms with Gasteiger partial charge in [-0.25, -0.2) is 14.2 Å². The Morgan fingerprint density at radius 2 is 1.62 bits per heavy atom. The number of fused-ring (bicyclic) bond motifs is 1. The minimum absolute atomic E-state index is 0.0989. The van der Waals surface area contributed by atoms with E-state index in [0.29, 0.717) is 48.4 Å². The van der Waals surface area contributed by atoms with Gasteiger partial charge in [-0.1, -0.05) is 78.9 Å². The number of para-hydroxylation sites is 1. The molecule has 0 saturated carbocycles. The Hall–Kier alpha value is -5.79. The lowest BCUT2D eigenvalue weighted by atomic mass is 9.84. The van der Waals surface area contributed by atoms with Crippen LogP contribution in [0.25, 0.3) is 11.0 Å². The fourth-order valence-electron chi connectivity index (χ4n) is 6.03. The summed E-state index contributed by atoms with van der Waals surface area (Å²) in [6, 6.07) is 30.1. The van der Waals surface area contributed by atoms with Gasteiger partial charge in [-0.05, 0) is 64.1 Å². The van der Waals surface area contributed by atoms with Crippen LogP contribution in [0.4, 0.5) is 21.0 Å². The highest BCUT2D eigenvalue weighted by atomic mass is 16.6. The third-order valence-corrected chi connectivity index (χ3v) is 8.70. The first-order chi connectivity index (χ1) is 24.4. The maximum absolute atomic E-state index is 13.9. The minimum Gasteiger partial charge on any atom is -0.465 e. The number of rotatable bonds is 12.